The van der Waals surface area contributed by atoms with Crippen LogP contribution in [0.3, 0.4) is 0 Å². The highest BCUT2D eigenvalue weighted by Crippen LogP contribution is 2.38. The van der Waals surface area contributed by atoms with Crippen molar-refractivity contribution in [1.82, 2.24) is 29.7 Å². The third-order valence-corrected chi connectivity index (χ3v) is 9.30. The number of aromatic nitrogens is 4. The number of nitrogens with zero attached hydrogens (tertiary/aromatic N) is 4. The highest BCUT2D eigenvalue weighted by Gasteiger charge is 2.36. The molecule has 2 atom stereocenters. The minimum Gasteiger partial charge on any atom is -0.444 e. The zero-order valence-electron chi connectivity index (χ0n) is 29.7. The van der Waals surface area contributed by atoms with Crippen molar-refractivity contribution >= 4 is 23.0 Å². The second-order valence-electron chi connectivity index (χ2n) is 15.3. The topological polar surface area (TPSA) is 116 Å². The number of carbonyl (C=O) groups excluding carboxylic acids is 2. The second-order valence-corrected chi connectivity index (χ2v) is 15.3. The molecule has 2 amide bonds. The summed E-state index contributed by atoms with van der Waals surface area (Å²) in [4.78, 5) is 45.8. The SMILES string of the molecule is CC(C)(C)OC(=O)N1CCCC1c1ncc(-c2ccc(-c3ccc(-c4cnc(C5CCCN5C(=O)OC(C)(C)C)[nH]4)c4ccccc34)cc2)[nH]1. The predicted octanol–water partition coefficient (Wildman–Crippen LogP) is 9.43. The lowest BCUT2D eigenvalue weighted by molar-refractivity contribution is 0.0208. The minimum atomic E-state index is -0.551. The lowest BCUT2D eigenvalue weighted by Gasteiger charge is -2.27. The van der Waals surface area contributed by atoms with Crippen LogP contribution in [0.4, 0.5) is 9.59 Å². The van der Waals surface area contributed by atoms with Crippen LogP contribution in [0.5, 0.6) is 0 Å². The van der Waals surface area contributed by atoms with Crippen LogP contribution in [-0.4, -0.2) is 66.2 Å². The summed E-state index contributed by atoms with van der Waals surface area (Å²) in [5, 5.41) is 2.25. The van der Waals surface area contributed by atoms with Gasteiger partial charge in [-0.05, 0) is 94.7 Å². The van der Waals surface area contributed by atoms with E-state index in [9.17, 15) is 9.59 Å². The first-order valence-corrected chi connectivity index (χ1v) is 17.6. The van der Waals surface area contributed by atoms with Gasteiger partial charge < -0.3 is 19.4 Å². The third-order valence-electron chi connectivity index (χ3n) is 9.30. The number of imidazole rings is 2. The van der Waals surface area contributed by atoms with Gasteiger partial charge in [-0.25, -0.2) is 19.6 Å². The molecule has 2 saturated heterocycles. The summed E-state index contributed by atoms with van der Waals surface area (Å²) >= 11 is 0. The molecule has 2 N–H and O–H groups in total. The molecule has 4 heterocycles. The number of nitrogens with one attached hydrogen (secondary N) is 2. The highest BCUT2D eigenvalue weighted by atomic mass is 16.6. The first-order valence-electron chi connectivity index (χ1n) is 17.6. The first-order chi connectivity index (χ1) is 23.8. The van der Waals surface area contributed by atoms with E-state index in [0.717, 1.165) is 81.7 Å². The van der Waals surface area contributed by atoms with Crippen LogP contribution >= 0.6 is 0 Å². The van der Waals surface area contributed by atoms with Crippen molar-refractivity contribution in [3.63, 3.8) is 0 Å². The standard InChI is InChI=1S/C40H46N6O4/c1-39(2,3)49-37(47)45-21-9-13-33(45)35-41-23-31(43-35)26-17-15-25(16-18-26)27-19-20-30(29-12-8-7-11-28(27)29)32-24-42-36(44-32)34-14-10-22-46(34)38(48)50-40(4,5)6/h7-8,11-12,15-20,23-24,33-34H,9-10,13-14,21-22H2,1-6H3,(H,41,43)(H,42,44). The molecule has 7 rings (SSSR count). The van der Waals surface area contributed by atoms with Gasteiger partial charge in [0.1, 0.15) is 22.9 Å². The number of benzene rings is 3. The van der Waals surface area contributed by atoms with Gasteiger partial charge in [0.2, 0.25) is 0 Å². The van der Waals surface area contributed by atoms with E-state index in [4.69, 9.17) is 14.5 Å². The Kier molecular flexibility index (Phi) is 8.66. The van der Waals surface area contributed by atoms with E-state index in [1.807, 2.05) is 53.9 Å². The number of fused-ring (bicyclic) bond motifs is 1. The summed E-state index contributed by atoms with van der Waals surface area (Å²) in [6.45, 7) is 12.6. The number of H-pyrrole nitrogens is 2. The van der Waals surface area contributed by atoms with Gasteiger partial charge in [-0.3, -0.25) is 9.80 Å². The number of hydrogen-bond donors (Lipinski definition) is 2. The number of hydrogen-bond acceptors (Lipinski definition) is 6. The van der Waals surface area contributed by atoms with Crippen molar-refractivity contribution in [3.8, 4) is 33.6 Å². The Hall–Kier alpha value is -5.12. The van der Waals surface area contributed by atoms with E-state index in [1.165, 1.54) is 0 Å². The van der Waals surface area contributed by atoms with Crippen LogP contribution in [-0.2, 0) is 9.47 Å². The summed E-state index contributed by atoms with van der Waals surface area (Å²) in [7, 11) is 0. The summed E-state index contributed by atoms with van der Waals surface area (Å²) in [6, 6.07) is 20.9. The number of rotatable bonds is 5. The number of aromatic amines is 2. The van der Waals surface area contributed by atoms with Gasteiger partial charge in [0.15, 0.2) is 0 Å². The van der Waals surface area contributed by atoms with Crippen LogP contribution in [0, 0.1) is 0 Å². The Morgan fingerprint density at radius 3 is 1.64 bits per heavy atom. The zero-order chi connectivity index (χ0) is 35.2. The van der Waals surface area contributed by atoms with Crippen molar-refractivity contribution in [2.75, 3.05) is 13.1 Å². The summed E-state index contributed by atoms with van der Waals surface area (Å²) < 4.78 is 11.3. The Labute approximate surface area is 293 Å². The maximum absolute atomic E-state index is 12.9. The molecule has 0 bridgehead atoms. The maximum atomic E-state index is 12.9. The van der Waals surface area contributed by atoms with Gasteiger partial charge in [-0.1, -0.05) is 60.7 Å². The second kappa shape index (κ2) is 13.0. The van der Waals surface area contributed by atoms with E-state index in [-0.39, 0.29) is 24.3 Å². The fraction of sp³-hybridized carbons (Fsp3) is 0.400. The van der Waals surface area contributed by atoms with Crippen LogP contribution in [0.15, 0.2) is 73.1 Å². The van der Waals surface area contributed by atoms with Gasteiger partial charge >= 0.3 is 12.2 Å². The maximum Gasteiger partial charge on any atom is 0.410 e. The Balaban J connectivity index is 1.11. The molecule has 2 unspecified atom stereocenters. The van der Waals surface area contributed by atoms with Crippen molar-refractivity contribution in [2.45, 2.75) is 90.5 Å². The van der Waals surface area contributed by atoms with Crippen molar-refractivity contribution < 1.29 is 19.1 Å². The van der Waals surface area contributed by atoms with Gasteiger partial charge in [0.05, 0.1) is 35.9 Å². The minimum absolute atomic E-state index is 0.129. The Morgan fingerprint density at radius 1 is 0.640 bits per heavy atom. The average Bonchev–Trinajstić information content (AvgIpc) is 3.89. The van der Waals surface area contributed by atoms with Crippen molar-refractivity contribution in [2.24, 2.45) is 0 Å². The molecule has 5 aromatic rings. The van der Waals surface area contributed by atoms with Gasteiger partial charge in [-0.2, -0.15) is 0 Å². The van der Waals surface area contributed by atoms with Gasteiger partial charge in [0.25, 0.3) is 0 Å². The molecule has 10 nitrogen and oxygen atoms in total. The van der Waals surface area contributed by atoms with Crippen LogP contribution in [0.25, 0.3) is 44.4 Å². The number of likely N-dealkylation sites (tertiary alicyclic amines) is 2. The molecule has 2 aliphatic heterocycles. The summed E-state index contributed by atoms with van der Waals surface area (Å²) in [5.74, 6) is 1.56. The molecule has 2 fully saturated rings. The molecule has 260 valence electrons. The number of carbonyl (C=O) groups is 2. The third kappa shape index (κ3) is 6.84. The molecule has 10 heteroatoms. The molecular weight excluding hydrogens is 628 g/mol. The van der Waals surface area contributed by atoms with Gasteiger partial charge in [0, 0.05) is 18.7 Å². The Morgan fingerprint density at radius 2 is 1.10 bits per heavy atom. The average molecular weight is 675 g/mol. The highest BCUT2D eigenvalue weighted by molar-refractivity contribution is 6.04. The largest absolute Gasteiger partial charge is 0.444 e. The lowest BCUT2D eigenvalue weighted by atomic mass is 9.93. The van der Waals surface area contributed by atoms with E-state index >= 15 is 0 Å². The molecule has 0 aliphatic carbocycles. The normalized spacial score (nSPS) is 18.2. The monoisotopic (exact) mass is 674 g/mol. The number of amides is 2. The molecule has 0 spiro atoms. The fourth-order valence-electron chi connectivity index (χ4n) is 7.09. The molecule has 0 radical (unpaired) electrons. The molecule has 50 heavy (non-hydrogen) atoms. The number of ether oxygens (including phenoxy) is 2. The van der Waals surface area contributed by atoms with Crippen molar-refractivity contribution in [3.05, 3.63) is 84.7 Å². The smallest absolute Gasteiger partial charge is 0.410 e. The predicted molar refractivity (Wildman–Crippen MR) is 194 cm³/mol. The molecule has 3 aromatic carbocycles. The lowest BCUT2D eigenvalue weighted by Crippen LogP contribution is -2.36. The molecular formula is C40H46N6O4. The quantitative estimate of drug-likeness (QED) is 0.192. The van der Waals surface area contributed by atoms with Crippen LogP contribution < -0.4 is 0 Å². The van der Waals surface area contributed by atoms with Crippen LogP contribution in [0.1, 0.15) is 91.0 Å². The summed E-state index contributed by atoms with van der Waals surface area (Å²) in [6.07, 6.45) is 6.62. The van der Waals surface area contributed by atoms with Crippen LogP contribution in [0.2, 0.25) is 0 Å². The molecule has 2 aliphatic rings. The van der Waals surface area contributed by atoms with Gasteiger partial charge in [-0.15, -0.1) is 0 Å². The molecule has 0 saturated carbocycles. The van der Waals surface area contributed by atoms with E-state index < -0.39 is 11.2 Å². The van der Waals surface area contributed by atoms with E-state index in [0.29, 0.717) is 13.1 Å². The van der Waals surface area contributed by atoms with Crippen molar-refractivity contribution in [1.29, 1.82) is 0 Å². The molecule has 2 aromatic heterocycles. The zero-order valence-corrected chi connectivity index (χ0v) is 29.7. The summed E-state index contributed by atoms with van der Waals surface area (Å²) in [5.41, 5.74) is 5.04. The van der Waals surface area contributed by atoms with E-state index in [2.05, 4.69) is 75.6 Å². The fourth-order valence-corrected chi connectivity index (χ4v) is 7.09. The van der Waals surface area contributed by atoms with E-state index in [1.54, 1.807) is 9.80 Å². The first kappa shape index (κ1) is 33.4. The Bertz CT molecular complexity index is 2020.